The fourth-order valence-electron chi connectivity index (χ4n) is 0.886. The quantitative estimate of drug-likeness (QED) is 0.357. The van der Waals surface area contributed by atoms with E-state index >= 15 is 0 Å². The van der Waals surface area contributed by atoms with Crippen LogP contribution < -0.4 is 3.56 Å². The molecule has 0 bridgehead atoms. The first kappa shape index (κ1) is 12.4. The Bertz CT molecular complexity index is 353. The second-order valence-electron chi connectivity index (χ2n) is 2.60. The summed E-state index contributed by atoms with van der Waals surface area (Å²) in [5, 5.41) is 0.326. The second-order valence-corrected chi connectivity index (χ2v) is 5.55. The van der Waals surface area contributed by atoms with Gasteiger partial charge in [-0.05, 0) is 0 Å². The van der Waals surface area contributed by atoms with E-state index in [0.29, 0.717) is 5.02 Å². The average molecular weight is 276 g/mol. The fraction of sp³-hybridized carbons (Fsp3) is 0.125. The molecule has 0 N–H and O–H groups in total. The Labute approximate surface area is 90.2 Å². The van der Waals surface area contributed by atoms with Gasteiger partial charge in [-0.15, -0.1) is 0 Å². The topological polar surface area (TPSA) is 9.23 Å². The molecule has 0 atom stereocenters. The van der Waals surface area contributed by atoms with Crippen molar-refractivity contribution in [3.8, 4) is 5.75 Å². The minimum absolute atomic E-state index is 0.326. The van der Waals surface area contributed by atoms with Crippen molar-refractivity contribution in [2.75, 3.05) is 0 Å². The Kier molecular flexibility index (Phi) is 4.02. The van der Waals surface area contributed by atoms with Crippen molar-refractivity contribution < 1.29 is 43.0 Å². The summed E-state index contributed by atoms with van der Waals surface area (Å²) < 4.78 is 68.1. The van der Waals surface area contributed by atoms with E-state index in [0.717, 1.165) is 0 Å². The van der Waals surface area contributed by atoms with Crippen LogP contribution in [0.1, 0.15) is 0 Å². The maximum absolute atomic E-state index is 12.9. The van der Waals surface area contributed by atoms with Gasteiger partial charge >= 0.3 is 89.8 Å². The average Bonchev–Trinajstić information content (AvgIpc) is 2.24. The van der Waals surface area contributed by atoms with Crippen LogP contribution in [0.2, 0.25) is 5.02 Å². The molecule has 0 saturated heterocycles. The summed E-state index contributed by atoms with van der Waals surface area (Å²) in [7, 11) is 0. The van der Waals surface area contributed by atoms with Crippen molar-refractivity contribution in [2.24, 2.45) is 0 Å². The van der Waals surface area contributed by atoms with Crippen LogP contribution in [0.15, 0.2) is 0 Å². The molecule has 1 radical (unpaired) electrons. The maximum atomic E-state index is 12.9. The van der Waals surface area contributed by atoms with Gasteiger partial charge in [0.25, 0.3) is 0 Å². The van der Waals surface area contributed by atoms with Gasteiger partial charge in [0.15, 0.2) is 0 Å². The van der Waals surface area contributed by atoms with Crippen molar-refractivity contribution in [1.82, 2.24) is 0 Å². The normalized spacial score (nSPS) is 10.0. The Morgan fingerprint density at radius 3 is 1.67 bits per heavy atom. The van der Waals surface area contributed by atoms with Gasteiger partial charge in [-0.2, -0.15) is 0 Å². The minimum atomic E-state index is -2.18. The van der Waals surface area contributed by atoms with Gasteiger partial charge in [0.1, 0.15) is 0 Å². The van der Waals surface area contributed by atoms with E-state index in [1.54, 1.807) is 0 Å². The summed E-state index contributed by atoms with van der Waals surface area (Å²) in [5.41, 5.74) is 0. The van der Waals surface area contributed by atoms with Crippen molar-refractivity contribution in [3.05, 3.63) is 36.0 Å². The van der Waals surface area contributed by atoms with Gasteiger partial charge in [0, 0.05) is 0 Å². The molecule has 79 valence electrons. The molecule has 7 heteroatoms. The summed E-state index contributed by atoms with van der Waals surface area (Å²) in [4.78, 5) is 0. The summed E-state index contributed by atoms with van der Waals surface area (Å²) in [6.07, 6.45) is 0. The molecule has 0 fully saturated rings. The number of hydrogen-bond acceptors (Lipinski definition) is 1. The summed E-state index contributed by atoms with van der Waals surface area (Å²) in [6.45, 7) is 3.37. The number of benzene rings is 1. The first-order valence-electron chi connectivity index (χ1n) is 3.94. The first-order valence-corrected chi connectivity index (χ1v) is 7.25. The van der Waals surface area contributed by atoms with Crippen LogP contribution >= 0.6 is 0 Å². The van der Waals surface area contributed by atoms with E-state index in [4.69, 9.17) is 0 Å². The van der Waals surface area contributed by atoms with Gasteiger partial charge in [0.05, 0.1) is 0 Å². The number of hydrogen-bond donors (Lipinski definition) is 0. The molecule has 1 aromatic rings. The predicted molar refractivity (Wildman–Crippen MR) is 37.0 cm³/mol. The molecule has 0 aliphatic carbocycles. The third kappa shape index (κ3) is 2.28. The van der Waals surface area contributed by atoms with E-state index in [1.807, 2.05) is 0 Å². The molecule has 0 spiro atoms. The van der Waals surface area contributed by atoms with Gasteiger partial charge in [-0.1, -0.05) is 0 Å². The second kappa shape index (κ2) is 4.88. The molecule has 0 aliphatic heterocycles. The predicted octanol–water partition coefficient (Wildman–Crippen LogP) is 3.01. The zero-order valence-electron chi connectivity index (χ0n) is 7.42. The van der Waals surface area contributed by atoms with E-state index in [2.05, 4.69) is 10.5 Å². The number of rotatable bonds is 3. The van der Waals surface area contributed by atoms with Crippen LogP contribution in [-0.2, 0) is 17.5 Å². The molecule has 0 amide bonds. The van der Waals surface area contributed by atoms with E-state index in [-0.39, 0.29) is 0 Å². The molecule has 0 aromatic heterocycles. The van der Waals surface area contributed by atoms with Gasteiger partial charge in [-0.25, -0.2) is 0 Å². The molecule has 1 nitrogen and oxygen atoms in total. The van der Waals surface area contributed by atoms with Gasteiger partial charge in [-0.3, -0.25) is 0 Å². The van der Waals surface area contributed by atoms with Gasteiger partial charge in [0.2, 0.25) is 0 Å². The molecular formula is C8H4F5OZn. The van der Waals surface area contributed by atoms with Crippen molar-refractivity contribution in [2.45, 2.75) is 5.02 Å². The molecule has 0 heterocycles. The summed E-state index contributed by atoms with van der Waals surface area (Å²) in [5.74, 6) is -11.2. The number of halogens is 5. The Morgan fingerprint density at radius 2 is 1.27 bits per heavy atom. The molecular weight excluding hydrogens is 272 g/mol. The van der Waals surface area contributed by atoms with Crippen LogP contribution in [0.3, 0.4) is 0 Å². The molecule has 1 aromatic carbocycles. The third-order valence-corrected chi connectivity index (χ3v) is 3.20. The monoisotopic (exact) mass is 275 g/mol. The Hall–Kier alpha value is -0.707. The van der Waals surface area contributed by atoms with Crippen molar-refractivity contribution in [3.63, 3.8) is 0 Å². The van der Waals surface area contributed by atoms with Crippen LogP contribution in [0, 0.1) is 36.0 Å². The summed E-state index contributed by atoms with van der Waals surface area (Å²) >= 11 is -1.82. The van der Waals surface area contributed by atoms with Crippen molar-refractivity contribution >= 4 is 0 Å². The SMILES string of the molecule is [CH2][CH2][Zn][O]c1c(F)c(F)c(F)c(F)c1F. The van der Waals surface area contributed by atoms with Crippen LogP contribution in [-0.4, -0.2) is 0 Å². The van der Waals surface area contributed by atoms with Crippen LogP contribution in [0.5, 0.6) is 5.75 Å². The first-order chi connectivity index (χ1) is 7.00. The Balaban J connectivity index is 3.26. The molecule has 0 saturated carbocycles. The van der Waals surface area contributed by atoms with E-state index in [9.17, 15) is 22.0 Å². The Morgan fingerprint density at radius 1 is 0.867 bits per heavy atom. The molecule has 0 aliphatic rings. The van der Waals surface area contributed by atoms with Crippen molar-refractivity contribution in [1.29, 1.82) is 0 Å². The zero-order valence-corrected chi connectivity index (χ0v) is 10.4. The van der Waals surface area contributed by atoms with E-state index in [1.165, 1.54) is 0 Å². The summed E-state index contributed by atoms with van der Waals surface area (Å²) in [6, 6.07) is 0. The van der Waals surface area contributed by atoms with Crippen LogP contribution in [0.4, 0.5) is 22.0 Å². The molecule has 1 rings (SSSR count). The van der Waals surface area contributed by atoms with E-state index < -0.39 is 52.3 Å². The fourth-order valence-corrected chi connectivity index (χ4v) is 2.15. The van der Waals surface area contributed by atoms with Crippen LogP contribution in [0.25, 0.3) is 0 Å². The molecule has 0 unspecified atom stereocenters. The standard InChI is InChI=1S/C6HF5O.C2H4.Zn/c7-1-2(8)4(10)6(12)5(11)3(1)9;1-2;/h12H;1-2H2;/q;;+1/p-1. The molecule has 15 heavy (non-hydrogen) atoms. The van der Waals surface area contributed by atoms with Gasteiger partial charge < -0.3 is 0 Å². The zero-order chi connectivity index (χ0) is 11.6. The third-order valence-electron chi connectivity index (χ3n) is 1.56.